The van der Waals surface area contributed by atoms with Gasteiger partial charge in [0.1, 0.15) is 0 Å². The van der Waals surface area contributed by atoms with E-state index in [0.717, 1.165) is 51.4 Å². The number of unbranched alkanes of at least 4 members (excludes halogenated alkanes) is 3. The SMILES string of the molecule is CCC=CCCC=C[C@H]1CC[C@H](O)[C@@H]1CCCCCC(O)(OCCO)C(=O)O. The fraction of sp³-hybridized carbons (Fsp3) is 0.773. The van der Waals surface area contributed by atoms with Crippen molar-refractivity contribution >= 4 is 5.97 Å². The Morgan fingerprint density at radius 1 is 1.14 bits per heavy atom. The lowest BCUT2D eigenvalue weighted by Gasteiger charge is -2.23. The Bertz CT molecular complexity index is 489. The Balaban J connectivity index is 2.34. The number of carboxylic acids is 1. The van der Waals surface area contributed by atoms with Crippen molar-refractivity contribution < 1.29 is 30.0 Å². The zero-order valence-corrected chi connectivity index (χ0v) is 17.1. The van der Waals surface area contributed by atoms with Gasteiger partial charge in [-0.1, -0.05) is 44.1 Å². The summed E-state index contributed by atoms with van der Waals surface area (Å²) in [6.07, 6.45) is 16.6. The molecule has 0 radical (unpaired) electrons. The minimum absolute atomic E-state index is 0.00976. The van der Waals surface area contributed by atoms with E-state index < -0.39 is 11.8 Å². The molecule has 28 heavy (non-hydrogen) atoms. The van der Waals surface area contributed by atoms with Gasteiger partial charge in [-0.3, -0.25) is 0 Å². The first-order valence-corrected chi connectivity index (χ1v) is 10.6. The van der Waals surface area contributed by atoms with Crippen molar-refractivity contribution in [2.45, 2.75) is 83.0 Å². The maximum Gasteiger partial charge on any atom is 0.364 e. The van der Waals surface area contributed by atoms with E-state index in [9.17, 15) is 15.0 Å². The number of allylic oxidation sites excluding steroid dienone is 4. The van der Waals surface area contributed by atoms with Crippen molar-refractivity contribution in [1.29, 1.82) is 0 Å². The molecule has 0 bridgehead atoms. The van der Waals surface area contributed by atoms with Gasteiger partial charge >= 0.3 is 5.97 Å². The van der Waals surface area contributed by atoms with E-state index >= 15 is 0 Å². The number of aliphatic carboxylic acids is 1. The van der Waals surface area contributed by atoms with Crippen LogP contribution in [0.25, 0.3) is 0 Å². The van der Waals surface area contributed by atoms with Crippen molar-refractivity contribution in [1.82, 2.24) is 0 Å². The summed E-state index contributed by atoms with van der Waals surface area (Å²) in [6.45, 7) is 1.58. The van der Waals surface area contributed by atoms with E-state index in [1.165, 1.54) is 0 Å². The fourth-order valence-corrected chi connectivity index (χ4v) is 3.85. The predicted octanol–water partition coefficient (Wildman–Crippen LogP) is 3.41. The molecule has 1 saturated carbocycles. The molecule has 6 nitrogen and oxygen atoms in total. The summed E-state index contributed by atoms with van der Waals surface area (Å²) in [6, 6.07) is 0. The fourth-order valence-electron chi connectivity index (χ4n) is 3.85. The number of aliphatic hydroxyl groups is 3. The summed E-state index contributed by atoms with van der Waals surface area (Å²) >= 11 is 0. The molecule has 1 unspecified atom stereocenters. The molecule has 0 saturated heterocycles. The van der Waals surface area contributed by atoms with Crippen molar-refractivity contribution in [2.75, 3.05) is 13.2 Å². The molecule has 0 spiro atoms. The second-order valence-corrected chi connectivity index (χ2v) is 7.62. The van der Waals surface area contributed by atoms with Crippen LogP contribution in [0.4, 0.5) is 0 Å². The Labute approximate surface area is 168 Å². The van der Waals surface area contributed by atoms with Crippen LogP contribution in [0, 0.1) is 11.8 Å². The van der Waals surface area contributed by atoms with E-state index in [4.69, 9.17) is 14.9 Å². The van der Waals surface area contributed by atoms with Gasteiger partial charge in [0.15, 0.2) is 0 Å². The van der Waals surface area contributed by atoms with Crippen LogP contribution in [0.5, 0.6) is 0 Å². The van der Waals surface area contributed by atoms with Gasteiger partial charge in [-0.2, -0.15) is 0 Å². The molecule has 0 heterocycles. The lowest BCUT2D eigenvalue weighted by Crippen LogP contribution is -2.42. The smallest absolute Gasteiger partial charge is 0.364 e. The van der Waals surface area contributed by atoms with Gasteiger partial charge in [0.05, 0.1) is 19.3 Å². The second kappa shape index (κ2) is 13.9. The molecule has 1 fully saturated rings. The van der Waals surface area contributed by atoms with E-state index in [1.54, 1.807) is 0 Å². The zero-order chi connectivity index (χ0) is 20.8. The molecule has 1 aliphatic carbocycles. The highest BCUT2D eigenvalue weighted by Crippen LogP contribution is 2.37. The van der Waals surface area contributed by atoms with E-state index in [1.807, 2.05) is 0 Å². The minimum atomic E-state index is -2.23. The van der Waals surface area contributed by atoms with Crippen LogP contribution in [0.3, 0.4) is 0 Å². The average molecular weight is 399 g/mol. The predicted molar refractivity (Wildman–Crippen MR) is 109 cm³/mol. The third-order valence-electron chi connectivity index (χ3n) is 5.44. The third kappa shape index (κ3) is 8.86. The average Bonchev–Trinajstić information content (AvgIpc) is 3.02. The monoisotopic (exact) mass is 398 g/mol. The molecular weight excluding hydrogens is 360 g/mol. The topological polar surface area (TPSA) is 107 Å². The van der Waals surface area contributed by atoms with Crippen molar-refractivity contribution in [3.05, 3.63) is 24.3 Å². The zero-order valence-electron chi connectivity index (χ0n) is 17.1. The van der Waals surface area contributed by atoms with Gasteiger partial charge in [-0.05, 0) is 56.8 Å². The summed E-state index contributed by atoms with van der Waals surface area (Å²) in [5.74, 6) is -2.99. The Morgan fingerprint density at radius 2 is 1.89 bits per heavy atom. The summed E-state index contributed by atoms with van der Waals surface area (Å²) < 4.78 is 4.89. The first-order valence-electron chi connectivity index (χ1n) is 10.6. The number of carboxylic acid groups (broad SMARTS) is 1. The number of ether oxygens (including phenoxy) is 1. The van der Waals surface area contributed by atoms with Gasteiger partial charge in [0.25, 0.3) is 5.79 Å². The summed E-state index contributed by atoms with van der Waals surface area (Å²) in [7, 11) is 0. The van der Waals surface area contributed by atoms with Gasteiger partial charge in [0, 0.05) is 6.42 Å². The van der Waals surface area contributed by atoms with E-state index in [0.29, 0.717) is 12.3 Å². The summed E-state index contributed by atoms with van der Waals surface area (Å²) in [4.78, 5) is 11.2. The van der Waals surface area contributed by atoms with Crippen LogP contribution in [-0.2, 0) is 9.53 Å². The van der Waals surface area contributed by atoms with Crippen LogP contribution in [0.2, 0.25) is 0 Å². The molecule has 4 N–H and O–H groups in total. The van der Waals surface area contributed by atoms with Crippen molar-refractivity contribution in [2.24, 2.45) is 11.8 Å². The van der Waals surface area contributed by atoms with Crippen LogP contribution < -0.4 is 0 Å². The quantitative estimate of drug-likeness (QED) is 0.191. The highest BCUT2D eigenvalue weighted by atomic mass is 16.6. The molecule has 0 amide bonds. The molecular formula is C22H38O6. The molecule has 0 aromatic heterocycles. The van der Waals surface area contributed by atoms with Crippen LogP contribution in [0.15, 0.2) is 24.3 Å². The van der Waals surface area contributed by atoms with Gasteiger partial charge < -0.3 is 25.2 Å². The van der Waals surface area contributed by atoms with Crippen molar-refractivity contribution in [3.8, 4) is 0 Å². The van der Waals surface area contributed by atoms with E-state index in [-0.39, 0.29) is 31.7 Å². The highest BCUT2D eigenvalue weighted by Gasteiger charge is 2.37. The van der Waals surface area contributed by atoms with Crippen molar-refractivity contribution in [3.63, 3.8) is 0 Å². The molecule has 1 aliphatic rings. The maximum atomic E-state index is 11.2. The molecule has 0 aromatic rings. The van der Waals surface area contributed by atoms with Gasteiger partial charge in [-0.15, -0.1) is 0 Å². The van der Waals surface area contributed by atoms with Gasteiger partial charge in [0.2, 0.25) is 0 Å². The molecule has 162 valence electrons. The maximum absolute atomic E-state index is 11.2. The Kier molecular flexibility index (Phi) is 12.3. The number of hydrogen-bond donors (Lipinski definition) is 4. The Hall–Kier alpha value is -1.21. The number of carbonyl (C=O) groups is 1. The lowest BCUT2D eigenvalue weighted by atomic mass is 9.88. The first-order chi connectivity index (χ1) is 13.4. The number of aliphatic hydroxyl groups excluding tert-OH is 2. The normalized spacial score (nSPS) is 24.9. The first kappa shape index (κ1) is 24.8. The van der Waals surface area contributed by atoms with Crippen LogP contribution >= 0.6 is 0 Å². The lowest BCUT2D eigenvalue weighted by molar-refractivity contribution is -0.228. The minimum Gasteiger partial charge on any atom is -0.477 e. The number of rotatable bonds is 15. The summed E-state index contributed by atoms with van der Waals surface area (Å²) in [5, 5.41) is 38.1. The molecule has 0 aromatic carbocycles. The third-order valence-corrected chi connectivity index (χ3v) is 5.44. The largest absolute Gasteiger partial charge is 0.477 e. The molecule has 0 aliphatic heterocycles. The van der Waals surface area contributed by atoms with E-state index in [2.05, 4.69) is 31.2 Å². The molecule has 6 heteroatoms. The molecule has 1 rings (SSSR count). The van der Waals surface area contributed by atoms with Crippen LogP contribution in [-0.4, -0.2) is 51.5 Å². The summed E-state index contributed by atoms with van der Waals surface area (Å²) in [5.41, 5.74) is 0. The standard InChI is InChI=1S/C22H38O6/c1-2-3-4-5-6-8-11-18-13-14-20(24)19(18)12-9-7-10-15-22(27,21(25)26)28-17-16-23/h3-4,8,11,18-20,23-24,27H,2,5-7,9-10,12-17H2,1H3,(H,25,26)/t18-,19+,20-,22?/m0/s1. The Morgan fingerprint density at radius 3 is 2.57 bits per heavy atom. The number of hydrogen-bond acceptors (Lipinski definition) is 5. The second-order valence-electron chi connectivity index (χ2n) is 7.62. The van der Waals surface area contributed by atoms with Crippen LogP contribution in [0.1, 0.15) is 71.1 Å². The molecule has 4 atom stereocenters. The van der Waals surface area contributed by atoms with Gasteiger partial charge in [-0.25, -0.2) is 4.79 Å². The highest BCUT2D eigenvalue weighted by molar-refractivity contribution is 5.75.